The molecule has 0 aliphatic carbocycles. The van der Waals surface area contributed by atoms with Gasteiger partial charge in [0.25, 0.3) is 5.91 Å². The van der Waals surface area contributed by atoms with Gasteiger partial charge in [-0.05, 0) is 29.8 Å². The molecule has 1 atom stereocenters. The Labute approximate surface area is 180 Å². The number of aromatic amines is 1. The molecule has 3 aromatic carbocycles. The third-order valence-electron chi connectivity index (χ3n) is 5.76. The second-order valence-corrected chi connectivity index (χ2v) is 7.75. The quantitative estimate of drug-likeness (QED) is 0.429. The third-order valence-corrected chi connectivity index (χ3v) is 5.93. The zero-order chi connectivity index (χ0) is 20.7. The van der Waals surface area contributed by atoms with E-state index in [1.54, 1.807) is 7.11 Å². The highest BCUT2D eigenvalue weighted by Gasteiger charge is 2.39. The van der Waals surface area contributed by atoms with Crippen molar-refractivity contribution in [2.75, 3.05) is 19.5 Å². The number of aromatic nitrogens is 1. The highest BCUT2D eigenvalue weighted by Crippen LogP contribution is 2.45. The maximum absolute atomic E-state index is 13.2. The number of fused-ring (bicyclic) bond motifs is 2. The molecule has 0 fully saturated rings. The minimum atomic E-state index is -0.204. The molecular weight excluding hydrogens is 396 g/mol. The van der Waals surface area contributed by atoms with Gasteiger partial charge >= 0.3 is 0 Å². The molecule has 1 aromatic heterocycles. The highest BCUT2D eigenvalue weighted by atomic mass is 35.5. The average Bonchev–Trinajstić information content (AvgIpc) is 3.30. The Kier molecular flexibility index (Phi) is 4.72. The summed E-state index contributed by atoms with van der Waals surface area (Å²) in [6, 6.07) is 23.9. The normalized spacial score (nSPS) is 15.6. The molecule has 0 saturated carbocycles. The summed E-state index contributed by atoms with van der Waals surface area (Å²) in [7, 11) is 1.67. The molecule has 1 amide bonds. The van der Waals surface area contributed by atoms with Gasteiger partial charge in [0.2, 0.25) is 0 Å². The van der Waals surface area contributed by atoms with E-state index in [1.165, 1.54) is 0 Å². The predicted molar refractivity (Wildman–Crippen MR) is 120 cm³/mol. The van der Waals surface area contributed by atoms with E-state index in [2.05, 4.69) is 23.2 Å². The molecule has 5 heteroatoms. The van der Waals surface area contributed by atoms with Gasteiger partial charge in [-0.3, -0.25) is 4.79 Å². The molecule has 0 spiro atoms. The number of alkyl halides is 1. The number of para-hydroxylation sites is 1. The molecule has 0 unspecified atom stereocenters. The number of carbonyl (C=O) groups excluding carboxylic acids is 1. The van der Waals surface area contributed by atoms with Crippen LogP contribution in [0.3, 0.4) is 0 Å². The second-order valence-electron chi connectivity index (χ2n) is 7.37. The van der Waals surface area contributed by atoms with E-state index >= 15 is 0 Å². The summed E-state index contributed by atoms with van der Waals surface area (Å²) in [4.78, 5) is 18.7. The van der Waals surface area contributed by atoms with E-state index in [4.69, 9.17) is 16.3 Å². The van der Waals surface area contributed by atoms with Crippen LogP contribution in [0, 0.1) is 0 Å². The van der Waals surface area contributed by atoms with Gasteiger partial charge in [0, 0.05) is 40.0 Å². The summed E-state index contributed by atoms with van der Waals surface area (Å²) >= 11 is 6.11. The van der Waals surface area contributed by atoms with Crippen LogP contribution in [0.1, 0.15) is 27.5 Å². The Balaban J connectivity index is 1.80. The number of methoxy groups -OCH3 is 1. The lowest BCUT2D eigenvalue weighted by atomic mass is 9.93. The summed E-state index contributed by atoms with van der Waals surface area (Å²) in [5.41, 5.74) is 5.89. The van der Waals surface area contributed by atoms with Gasteiger partial charge < -0.3 is 14.6 Å². The van der Waals surface area contributed by atoms with Crippen LogP contribution in [0.4, 0.5) is 0 Å². The van der Waals surface area contributed by atoms with Crippen molar-refractivity contribution in [1.29, 1.82) is 0 Å². The number of H-pyrrole nitrogens is 1. The van der Waals surface area contributed by atoms with Crippen LogP contribution in [0.25, 0.3) is 22.2 Å². The Hall–Kier alpha value is -3.24. The van der Waals surface area contributed by atoms with Crippen molar-refractivity contribution in [3.8, 4) is 17.0 Å². The molecule has 1 aliphatic heterocycles. The van der Waals surface area contributed by atoms with E-state index in [0.29, 0.717) is 12.4 Å². The standard InChI is InChI=1S/C25H21ClN2O2/c1-30-17-8-6-7-16(15-17)23-22(20-11-4-5-12-21(20)27-23)24-18-9-2-3-10-19(18)25(29)28(24)14-13-26/h2-12,15,24,27H,13-14H2,1H3/t24-/m0/s1. The molecule has 4 aromatic rings. The molecule has 0 radical (unpaired) electrons. The van der Waals surface area contributed by atoms with Crippen molar-refractivity contribution in [2.24, 2.45) is 0 Å². The maximum Gasteiger partial charge on any atom is 0.255 e. The first-order valence-corrected chi connectivity index (χ1v) is 10.5. The minimum absolute atomic E-state index is 0.0260. The highest BCUT2D eigenvalue weighted by molar-refractivity contribution is 6.18. The fourth-order valence-corrected chi connectivity index (χ4v) is 4.64. The van der Waals surface area contributed by atoms with Gasteiger partial charge in [-0.2, -0.15) is 0 Å². The van der Waals surface area contributed by atoms with E-state index < -0.39 is 0 Å². The van der Waals surface area contributed by atoms with Crippen LogP contribution in [0.5, 0.6) is 5.75 Å². The van der Waals surface area contributed by atoms with Crippen LogP contribution in [0.15, 0.2) is 72.8 Å². The average molecular weight is 417 g/mol. The molecule has 150 valence electrons. The first-order valence-electron chi connectivity index (χ1n) is 9.94. The van der Waals surface area contributed by atoms with Crippen molar-refractivity contribution < 1.29 is 9.53 Å². The van der Waals surface area contributed by atoms with Crippen molar-refractivity contribution in [1.82, 2.24) is 9.88 Å². The Morgan fingerprint density at radius 1 is 1.03 bits per heavy atom. The number of amides is 1. The Bertz CT molecular complexity index is 1250. The first-order chi connectivity index (χ1) is 14.7. The lowest BCUT2D eigenvalue weighted by Gasteiger charge is -2.26. The van der Waals surface area contributed by atoms with Gasteiger partial charge in [-0.25, -0.2) is 0 Å². The van der Waals surface area contributed by atoms with Crippen LogP contribution in [-0.2, 0) is 0 Å². The topological polar surface area (TPSA) is 45.3 Å². The molecule has 0 saturated heterocycles. The monoisotopic (exact) mass is 416 g/mol. The number of nitrogens with zero attached hydrogens (tertiary/aromatic N) is 1. The van der Waals surface area contributed by atoms with Crippen molar-refractivity contribution >= 4 is 28.4 Å². The number of carbonyl (C=O) groups is 1. The number of rotatable bonds is 5. The molecular formula is C25H21ClN2O2. The summed E-state index contributed by atoms with van der Waals surface area (Å²) in [6.45, 7) is 0.483. The lowest BCUT2D eigenvalue weighted by Crippen LogP contribution is -2.30. The smallest absolute Gasteiger partial charge is 0.255 e. The number of ether oxygens (including phenoxy) is 1. The number of nitrogens with one attached hydrogen (secondary N) is 1. The van der Waals surface area contributed by atoms with Gasteiger partial charge in [0.15, 0.2) is 0 Å². The van der Waals surface area contributed by atoms with E-state index in [1.807, 2.05) is 59.5 Å². The zero-order valence-corrected chi connectivity index (χ0v) is 17.3. The molecule has 1 N–H and O–H groups in total. The van der Waals surface area contributed by atoms with Crippen molar-refractivity contribution in [3.05, 3.63) is 89.5 Å². The van der Waals surface area contributed by atoms with Gasteiger partial charge in [0.1, 0.15) is 5.75 Å². The molecule has 2 heterocycles. The first kappa shape index (κ1) is 18.8. The number of halogens is 1. The Morgan fingerprint density at radius 3 is 2.67 bits per heavy atom. The largest absolute Gasteiger partial charge is 0.497 e. The van der Waals surface area contributed by atoms with Crippen molar-refractivity contribution in [2.45, 2.75) is 6.04 Å². The number of hydrogen-bond acceptors (Lipinski definition) is 2. The number of hydrogen-bond donors (Lipinski definition) is 1. The SMILES string of the molecule is COc1cccc(-c2[nH]c3ccccc3c2[C@@H]2c3ccccc3C(=O)N2CCCl)c1. The summed E-state index contributed by atoms with van der Waals surface area (Å²) in [5.74, 6) is 1.20. The van der Waals surface area contributed by atoms with Crippen LogP contribution in [-0.4, -0.2) is 35.3 Å². The van der Waals surface area contributed by atoms with E-state index in [0.717, 1.165) is 44.6 Å². The fraction of sp³-hybridized carbons (Fsp3) is 0.160. The van der Waals surface area contributed by atoms with Gasteiger partial charge in [-0.1, -0.05) is 48.5 Å². The molecule has 0 bridgehead atoms. The van der Waals surface area contributed by atoms with Gasteiger partial charge in [-0.15, -0.1) is 11.6 Å². The summed E-state index contributed by atoms with van der Waals surface area (Å²) < 4.78 is 5.45. The predicted octanol–water partition coefficient (Wildman–Crippen LogP) is 5.63. The van der Waals surface area contributed by atoms with Crippen LogP contribution >= 0.6 is 11.6 Å². The molecule has 4 nitrogen and oxygen atoms in total. The maximum atomic E-state index is 13.2. The Morgan fingerprint density at radius 2 is 1.83 bits per heavy atom. The second kappa shape index (κ2) is 7.54. The molecule has 30 heavy (non-hydrogen) atoms. The van der Waals surface area contributed by atoms with E-state index in [-0.39, 0.29) is 11.9 Å². The lowest BCUT2D eigenvalue weighted by molar-refractivity contribution is 0.0762. The summed E-state index contributed by atoms with van der Waals surface area (Å²) in [6.07, 6.45) is 0. The third kappa shape index (κ3) is 2.87. The fourth-order valence-electron chi connectivity index (χ4n) is 4.46. The summed E-state index contributed by atoms with van der Waals surface area (Å²) in [5, 5.41) is 1.10. The van der Waals surface area contributed by atoms with Crippen LogP contribution < -0.4 is 4.74 Å². The van der Waals surface area contributed by atoms with Gasteiger partial charge in [0.05, 0.1) is 18.8 Å². The number of benzene rings is 3. The van der Waals surface area contributed by atoms with Crippen LogP contribution in [0.2, 0.25) is 0 Å². The van der Waals surface area contributed by atoms with Crippen molar-refractivity contribution in [3.63, 3.8) is 0 Å². The molecule has 1 aliphatic rings. The molecule has 5 rings (SSSR count). The zero-order valence-electron chi connectivity index (χ0n) is 16.6. The minimum Gasteiger partial charge on any atom is -0.497 e. The van der Waals surface area contributed by atoms with E-state index in [9.17, 15) is 4.79 Å².